The number of aliphatic hydroxyl groups excluding tert-OH is 1. The van der Waals surface area contributed by atoms with E-state index >= 15 is 0 Å². The number of benzene rings is 2. The lowest BCUT2D eigenvalue weighted by Gasteiger charge is -2.27. The van der Waals surface area contributed by atoms with Gasteiger partial charge in [-0.3, -0.25) is 9.59 Å². The van der Waals surface area contributed by atoms with Crippen molar-refractivity contribution in [2.45, 2.75) is 25.9 Å². The fraction of sp³-hybridized carbons (Fsp3) is 0.318. The van der Waals surface area contributed by atoms with E-state index in [1.165, 1.54) is 0 Å². The van der Waals surface area contributed by atoms with Gasteiger partial charge in [0.15, 0.2) is 0 Å². The summed E-state index contributed by atoms with van der Waals surface area (Å²) < 4.78 is 6.23. The molecule has 0 aliphatic carbocycles. The molecule has 1 heterocycles. The van der Waals surface area contributed by atoms with Crippen molar-refractivity contribution in [3.05, 3.63) is 56.6 Å². The van der Waals surface area contributed by atoms with Crippen LogP contribution in [0.4, 0.5) is 10.5 Å². The highest BCUT2D eigenvalue weighted by Gasteiger charge is 2.46. The molecule has 3 rings (SSSR count). The van der Waals surface area contributed by atoms with Crippen LogP contribution in [-0.4, -0.2) is 47.1 Å². The van der Waals surface area contributed by atoms with E-state index in [4.69, 9.17) is 21.4 Å². The molecule has 1 saturated heterocycles. The van der Waals surface area contributed by atoms with Crippen LogP contribution in [0, 0.1) is 9.49 Å². The first kappa shape index (κ1) is 24.3. The maximum Gasteiger partial charge on any atom is 0.325 e. The Labute approximate surface area is 204 Å². The molecule has 1 aliphatic rings. The van der Waals surface area contributed by atoms with Gasteiger partial charge in [-0.15, -0.1) is 0 Å². The lowest BCUT2D eigenvalue weighted by molar-refractivity contribution is -0.135. The SMILES string of the molecule is CC(C)C(C(=O)Nc1ccc(I)cc1Cl)N1C(=O)NC(c2ccc(OCCO)cc2)C1=O. The van der Waals surface area contributed by atoms with Crippen molar-refractivity contribution in [2.75, 3.05) is 18.5 Å². The predicted octanol–water partition coefficient (Wildman–Crippen LogP) is 3.57. The highest BCUT2D eigenvalue weighted by molar-refractivity contribution is 14.1. The number of halogens is 2. The van der Waals surface area contributed by atoms with E-state index in [-0.39, 0.29) is 19.1 Å². The minimum absolute atomic E-state index is 0.111. The molecule has 170 valence electrons. The molecule has 4 amide bonds. The molecule has 1 fully saturated rings. The van der Waals surface area contributed by atoms with Crippen molar-refractivity contribution in [3.63, 3.8) is 0 Å². The van der Waals surface area contributed by atoms with Gasteiger partial charge in [0.25, 0.3) is 5.91 Å². The zero-order valence-corrected chi connectivity index (χ0v) is 20.4. The van der Waals surface area contributed by atoms with Crippen LogP contribution in [0.3, 0.4) is 0 Å². The van der Waals surface area contributed by atoms with Crippen LogP contribution < -0.4 is 15.4 Å². The zero-order valence-electron chi connectivity index (χ0n) is 17.5. The average Bonchev–Trinajstić information content (AvgIpc) is 3.03. The number of anilines is 1. The Morgan fingerprint density at radius 3 is 2.53 bits per heavy atom. The highest BCUT2D eigenvalue weighted by Crippen LogP contribution is 2.29. The summed E-state index contributed by atoms with van der Waals surface area (Å²) in [7, 11) is 0. The molecule has 3 N–H and O–H groups in total. The van der Waals surface area contributed by atoms with Crippen LogP contribution in [-0.2, 0) is 9.59 Å². The molecule has 0 bridgehead atoms. The lowest BCUT2D eigenvalue weighted by atomic mass is 10.0. The quantitative estimate of drug-likeness (QED) is 0.332. The molecule has 0 radical (unpaired) electrons. The molecule has 2 unspecified atom stereocenters. The Balaban J connectivity index is 1.80. The van der Waals surface area contributed by atoms with Gasteiger partial charge in [-0.25, -0.2) is 9.69 Å². The van der Waals surface area contributed by atoms with Gasteiger partial charge >= 0.3 is 6.03 Å². The first-order valence-electron chi connectivity index (χ1n) is 9.96. The fourth-order valence-electron chi connectivity index (χ4n) is 3.42. The summed E-state index contributed by atoms with van der Waals surface area (Å²) in [4.78, 5) is 39.9. The topological polar surface area (TPSA) is 108 Å². The molecular formula is C22H23ClIN3O5. The molecule has 0 spiro atoms. The van der Waals surface area contributed by atoms with Gasteiger partial charge in [0.05, 0.1) is 17.3 Å². The summed E-state index contributed by atoms with van der Waals surface area (Å²) in [6.07, 6.45) is 0. The van der Waals surface area contributed by atoms with E-state index in [1.807, 2.05) is 0 Å². The van der Waals surface area contributed by atoms with Gasteiger partial charge in [0, 0.05) is 3.57 Å². The number of nitrogens with one attached hydrogen (secondary N) is 2. The molecule has 2 aromatic rings. The molecule has 0 saturated carbocycles. The normalized spacial score (nSPS) is 16.8. The number of amides is 4. The Morgan fingerprint density at radius 1 is 1.25 bits per heavy atom. The van der Waals surface area contributed by atoms with E-state index in [1.54, 1.807) is 56.3 Å². The van der Waals surface area contributed by atoms with Crippen molar-refractivity contribution < 1.29 is 24.2 Å². The van der Waals surface area contributed by atoms with Gasteiger partial charge in [0.2, 0.25) is 5.91 Å². The maximum absolute atomic E-state index is 13.2. The zero-order chi connectivity index (χ0) is 23.4. The third-order valence-corrected chi connectivity index (χ3v) is 5.90. The number of imide groups is 1. The summed E-state index contributed by atoms with van der Waals surface area (Å²) >= 11 is 8.33. The fourth-order valence-corrected chi connectivity index (χ4v) is 4.32. The Bertz CT molecular complexity index is 1020. The number of hydrogen-bond donors (Lipinski definition) is 3. The van der Waals surface area contributed by atoms with Crippen molar-refractivity contribution >= 4 is 57.7 Å². The molecule has 8 nitrogen and oxygen atoms in total. The summed E-state index contributed by atoms with van der Waals surface area (Å²) in [5.41, 5.74) is 0.968. The number of carbonyl (C=O) groups excluding carboxylic acids is 3. The summed E-state index contributed by atoms with van der Waals surface area (Å²) in [6, 6.07) is 9.24. The monoisotopic (exact) mass is 571 g/mol. The second kappa shape index (κ2) is 10.5. The van der Waals surface area contributed by atoms with Gasteiger partial charge in [-0.05, 0) is 64.4 Å². The average molecular weight is 572 g/mol. The standard InChI is InChI=1S/C22H23ClIN3O5/c1-12(2)19(20(29)25-17-8-5-14(24)11-16(17)23)27-21(30)18(26-22(27)31)13-3-6-15(7-4-13)32-10-9-28/h3-8,11-12,18-19,28H,9-10H2,1-2H3,(H,25,29)(H,26,31). The van der Waals surface area contributed by atoms with Crippen LogP contribution in [0.25, 0.3) is 0 Å². The van der Waals surface area contributed by atoms with Crippen LogP contribution in [0.15, 0.2) is 42.5 Å². The smallest absolute Gasteiger partial charge is 0.325 e. The third kappa shape index (κ3) is 5.33. The number of carbonyl (C=O) groups is 3. The first-order valence-corrected chi connectivity index (χ1v) is 11.4. The highest BCUT2D eigenvalue weighted by atomic mass is 127. The van der Waals surface area contributed by atoms with E-state index < -0.39 is 29.9 Å². The summed E-state index contributed by atoms with van der Waals surface area (Å²) in [5.74, 6) is -0.813. The second-order valence-corrected chi connectivity index (χ2v) is 9.19. The summed E-state index contributed by atoms with van der Waals surface area (Å²) in [6.45, 7) is 3.57. The van der Waals surface area contributed by atoms with Crippen molar-refractivity contribution in [3.8, 4) is 5.75 Å². The van der Waals surface area contributed by atoms with Gasteiger partial charge in [-0.1, -0.05) is 37.6 Å². The van der Waals surface area contributed by atoms with E-state index in [2.05, 4.69) is 33.2 Å². The van der Waals surface area contributed by atoms with Crippen molar-refractivity contribution in [1.82, 2.24) is 10.2 Å². The number of aliphatic hydroxyl groups is 1. The van der Waals surface area contributed by atoms with Crippen LogP contribution in [0.1, 0.15) is 25.5 Å². The van der Waals surface area contributed by atoms with E-state index in [0.29, 0.717) is 22.0 Å². The molecule has 2 atom stereocenters. The maximum atomic E-state index is 13.2. The Hall–Kier alpha value is -2.37. The third-order valence-electron chi connectivity index (χ3n) is 4.91. The van der Waals surface area contributed by atoms with E-state index in [0.717, 1.165) is 8.47 Å². The van der Waals surface area contributed by atoms with E-state index in [9.17, 15) is 14.4 Å². The Kier molecular flexibility index (Phi) is 7.96. The molecular weight excluding hydrogens is 549 g/mol. The van der Waals surface area contributed by atoms with Gasteiger partial charge in [0.1, 0.15) is 24.4 Å². The Morgan fingerprint density at radius 2 is 1.94 bits per heavy atom. The number of hydrogen-bond acceptors (Lipinski definition) is 5. The number of rotatable bonds is 8. The van der Waals surface area contributed by atoms with Crippen molar-refractivity contribution in [1.29, 1.82) is 0 Å². The number of ether oxygens (including phenoxy) is 1. The molecule has 32 heavy (non-hydrogen) atoms. The van der Waals surface area contributed by atoms with Crippen LogP contribution in [0.2, 0.25) is 5.02 Å². The van der Waals surface area contributed by atoms with Gasteiger partial charge in [-0.2, -0.15) is 0 Å². The minimum atomic E-state index is -1.02. The lowest BCUT2D eigenvalue weighted by Crippen LogP contribution is -2.50. The minimum Gasteiger partial charge on any atom is -0.491 e. The molecule has 1 aliphatic heterocycles. The predicted molar refractivity (Wildman–Crippen MR) is 129 cm³/mol. The molecule has 2 aromatic carbocycles. The second-order valence-electron chi connectivity index (χ2n) is 7.53. The largest absolute Gasteiger partial charge is 0.491 e. The molecule has 10 heteroatoms. The number of urea groups is 1. The number of nitrogens with zero attached hydrogens (tertiary/aromatic N) is 1. The van der Waals surface area contributed by atoms with Crippen molar-refractivity contribution in [2.24, 2.45) is 5.92 Å². The molecule has 0 aromatic heterocycles. The summed E-state index contributed by atoms with van der Waals surface area (Å²) in [5, 5.41) is 14.6. The van der Waals surface area contributed by atoms with Crippen LogP contribution in [0.5, 0.6) is 5.75 Å². The van der Waals surface area contributed by atoms with Crippen LogP contribution >= 0.6 is 34.2 Å². The first-order chi connectivity index (χ1) is 15.2. The van der Waals surface area contributed by atoms with Gasteiger partial charge < -0.3 is 20.5 Å².